The van der Waals surface area contributed by atoms with E-state index >= 15 is 0 Å². The second kappa shape index (κ2) is 5.60. The molecule has 2 heteroatoms. The smallest absolute Gasteiger partial charge is 0.0291 e. The highest BCUT2D eigenvalue weighted by molar-refractivity contribution is 14.1. The summed E-state index contributed by atoms with van der Waals surface area (Å²) in [5.74, 6) is 0. The normalized spacial score (nSPS) is 12.8. The van der Waals surface area contributed by atoms with Crippen molar-refractivity contribution in [2.24, 2.45) is 0 Å². The van der Waals surface area contributed by atoms with Crippen molar-refractivity contribution in [3.63, 3.8) is 0 Å². The number of nitrogens with one attached hydrogen (secondary N) is 1. The zero-order chi connectivity index (χ0) is 9.68. The Bertz CT molecular complexity index is 243. The number of hydrogen-bond acceptors (Lipinski definition) is 1. The van der Waals surface area contributed by atoms with Gasteiger partial charge in [-0.3, -0.25) is 0 Å². The van der Waals surface area contributed by atoms with Crippen LogP contribution in [0, 0.1) is 3.57 Å². The van der Waals surface area contributed by atoms with Crippen LogP contribution >= 0.6 is 22.6 Å². The van der Waals surface area contributed by atoms with E-state index in [9.17, 15) is 0 Å². The Hall–Kier alpha value is -0.0900. The fourth-order valence-electron chi connectivity index (χ4n) is 1.23. The van der Waals surface area contributed by atoms with E-state index < -0.39 is 0 Å². The molecule has 0 saturated heterocycles. The molecule has 0 spiro atoms. The summed E-state index contributed by atoms with van der Waals surface area (Å²) in [7, 11) is 0. The number of hydrogen-bond donors (Lipinski definition) is 1. The van der Waals surface area contributed by atoms with Crippen molar-refractivity contribution in [3.8, 4) is 0 Å². The van der Waals surface area contributed by atoms with E-state index in [4.69, 9.17) is 0 Å². The van der Waals surface area contributed by atoms with Gasteiger partial charge >= 0.3 is 0 Å². The van der Waals surface area contributed by atoms with E-state index in [1.54, 1.807) is 0 Å². The first-order chi connectivity index (χ1) is 6.24. The average molecular weight is 289 g/mol. The van der Waals surface area contributed by atoms with Crippen LogP contribution in [0.15, 0.2) is 24.3 Å². The van der Waals surface area contributed by atoms with E-state index in [2.05, 4.69) is 66.0 Å². The van der Waals surface area contributed by atoms with Crippen molar-refractivity contribution < 1.29 is 0 Å². The predicted octanol–water partition coefficient (Wildman–Crippen LogP) is 3.35. The summed E-state index contributed by atoms with van der Waals surface area (Å²) in [6.45, 7) is 5.48. The Kier molecular flexibility index (Phi) is 4.73. The molecule has 1 rings (SSSR count). The second-order valence-electron chi connectivity index (χ2n) is 3.23. The molecule has 0 saturated carbocycles. The van der Waals surface area contributed by atoms with Crippen LogP contribution in [0.2, 0.25) is 0 Å². The SMILES string of the molecule is CCCN[C@H](C)c1ccc(I)cc1. The summed E-state index contributed by atoms with van der Waals surface area (Å²) in [5, 5.41) is 3.47. The summed E-state index contributed by atoms with van der Waals surface area (Å²) in [6, 6.07) is 9.15. The van der Waals surface area contributed by atoms with Gasteiger partial charge in [-0.15, -0.1) is 0 Å². The molecule has 13 heavy (non-hydrogen) atoms. The standard InChI is InChI=1S/C11H16IN/c1-3-8-13-9(2)10-4-6-11(12)7-5-10/h4-7,9,13H,3,8H2,1-2H3/t9-/m1/s1. The van der Waals surface area contributed by atoms with Gasteiger partial charge in [0.05, 0.1) is 0 Å². The third-order valence-corrected chi connectivity index (χ3v) is 2.79. The predicted molar refractivity (Wildman–Crippen MR) is 65.9 cm³/mol. The summed E-state index contributed by atoms with van der Waals surface area (Å²) in [6.07, 6.45) is 1.19. The lowest BCUT2D eigenvalue weighted by atomic mass is 10.1. The maximum absolute atomic E-state index is 3.47. The molecule has 1 atom stereocenters. The van der Waals surface area contributed by atoms with Crippen LogP contribution in [0.25, 0.3) is 0 Å². The van der Waals surface area contributed by atoms with Crippen molar-refractivity contribution in [1.29, 1.82) is 0 Å². The number of halogens is 1. The van der Waals surface area contributed by atoms with Crippen molar-refractivity contribution >= 4 is 22.6 Å². The first-order valence-electron chi connectivity index (χ1n) is 4.73. The molecule has 1 N–H and O–H groups in total. The second-order valence-corrected chi connectivity index (χ2v) is 4.47. The minimum absolute atomic E-state index is 0.469. The molecule has 1 nitrogen and oxygen atoms in total. The Morgan fingerprint density at radius 1 is 1.31 bits per heavy atom. The summed E-state index contributed by atoms with van der Waals surface area (Å²) in [4.78, 5) is 0. The van der Waals surface area contributed by atoms with Gasteiger partial charge in [0, 0.05) is 9.61 Å². The molecule has 0 radical (unpaired) electrons. The van der Waals surface area contributed by atoms with Gasteiger partial charge in [0.1, 0.15) is 0 Å². The van der Waals surface area contributed by atoms with Crippen LogP contribution in [0.5, 0.6) is 0 Å². The van der Waals surface area contributed by atoms with Crippen LogP contribution in [-0.2, 0) is 0 Å². The quantitative estimate of drug-likeness (QED) is 0.838. The first-order valence-corrected chi connectivity index (χ1v) is 5.80. The molecule has 0 heterocycles. The molecule has 0 aliphatic carbocycles. The largest absolute Gasteiger partial charge is 0.310 e. The zero-order valence-corrected chi connectivity index (χ0v) is 10.3. The van der Waals surface area contributed by atoms with Crippen LogP contribution in [0.4, 0.5) is 0 Å². The van der Waals surface area contributed by atoms with Gasteiger partial charge < -0.3 is 5.32 Å². The molecule has 0 bridgehead atoms. The third kappa shape index (κ3) is 3.65. The Balaban J connectivity index is 2.55. The lowest BCUT2D eigenvalue weighted by molar-refractivity contribution is 0.570. The Labute approximate surface area is 94.1 Å². The minimum atomic E-state index is 0.469. The van der Waals surface area contributed by atoms with Gasteiger partial charge in [0.15, 0.2) is 0 Å². The lowest BCUT2D eigenvalue weighted by Crippen LogP contribution is -2.19. The fraction of sp³-hybridized carbons (Fsp3) is 0.455. The van der Waals surface area contributed by atoms with E-state index in [-0.39, 0.29) is 0 Å². The van der Waals surface area contributed by atoms with Crippen LogP contribution in [0.3, 0.4) is 0 Å². The molecule has 0 aliphatic heterocycles. The van der Waals surface area contributed by atoms with Gasteiger partial charge in [-0.25, -0.2) is 0 Å². The average Bonchev–Trinajstić information content (AvgIpc) is 2.15. The number of rotatable bonds is 4. The maximum Gasteiger partial charge on any atom is 0.0291 e. The molecule has 0 unspecified atom stereocenters. The molecule has 0 aliphatic rings. The topological polar surface area (TPSA) is 12.0 Å². The molecule has 1 aromatic carbocycles. The van der Waals surface area contributed by atoms with Crippen molar-refractivity contribution in [3.05, 3.63) is 33.4 Å². The molecule has 1 aromatic rings. The summed E-state index contributed by atoms with van der Waals surface area (Å²) >= 11 is 2.33. The molecular weight excluding hydrogens is 273 g/mol. The lowest BCUT2D eigenvalue weighted by Gasteiger charge is -2.13. The van der Waals surface area contributed by atoms with Gasteiger partial charge in [-0.05, 0) is 60.2 Å². The summed E-state index contributed by atoms with van der Waals surface area (Å²) < 4.78 is 1.30. The van der Waals surface area contributed by atoms with E-state index in [1.165, 1.54) is 15.6 Å². The van der Waals surface area contributed by atoms with Gasteiger partial charge in [0.2, 0.25) is 0 Å². The maximum atomic E-state index is 3.47. The van der Waals surface area contributed by atoms with Crippen LogP contribution in [0.1, 0.15) is 31.9 Å². The van der Waals surface area contributed by atoms with E-state index in [0.29, 0.717) is 6.04 Å². The first kappa shape index (κ1) is 11.0. The van der Waals surface area contributed by atoms with E-state index in [1.807, 2.05) is 0 Å². The van der Waals surface area contributed by atoms with Gasteiger partial charge in [-0.1, -0.05) is 19.1 Å². The Morgan fingerprint density at radius 3 is 2.46 bits per heavy atom. The minimum Gasteiger partial charge on any atom is -0.310 e. The molecular formula is C11H16IN. The van der Waals surface area contributed by atoms with Crippen molar-refractivity contribution in [1.82, 2.24) is 5.32 Å². The molecule has 0 aromatic heterocycles. The molecule has 0 amide bonds. The van der Waals surface area contributed by atoms with Crippen molar-refractivity contribution in [2.45, 2.75) is 26.3 Å². The van der Waals surface area contributed by atoms with Gasteiger partial charge in [-0.2, -0.15) is 0 Å². The summed E-state index contributed by atoms with van der Waals surface area (Å²) in [5.41, 5.74) is 1.37. The zero-order valence-electron chi connectivity index (χ0n) is 8.18. The third-order valence-electron chi connectivity index (χ3n) is 2.07. The highest BCUT2D eigenvalue weighted by Crippen LogP contribution is 2.14. The fourth-order valence-corrected chi connectivity index (χ4v) is 1.59. The highest BCUT2D eigenvalue weighted by atomic mass is 127. The number of benzene rings is 1. The highest BCUT2D eigenvalue weighted by Gasteiger charge is 2.02. The molecule has 0 fully saturated rings. The van der Waals surface area contributed by atoms with Gasteiger partial charge in [0.25, 0.3) is 0 Å². The van der Waals surface area contributed by atoms with Crippen LogP contribution < -0.4 is 5.32 Å². The van der Waals surface area contributed by atoms with E-state index in [0.717, 1.165) is 6.54 Å². The Morgan fingerprint density at radius 2 is 1.92 bits per heavy atom. The molecule has 72 valence electrons. The van der Waals surface area contributed by atoms with Crippen LogP contribution in [-0.4, -0.2) is 6.54 Å². The van der Waals surface area contributed by atoms with Crippen molar-refractivity contribution in [2.75, 3.05) is 6.54 Å². The monoisotopic (exact) mass is 289 g/mol.